The van der Waals surface area contributed by atoms with Gasteiger partial charge in [0.2, 0.25) is 11.9 Å². The largest absolute Gasteiger partial charge is 0.355 e. The summed E-state index contributed by atoms with van der Waals surface area (Å²) in [5.74, 6) is 1.38. The molecule has 0 unspecified atom stereocenters. The summed E-state index contributed by atoms with van der Waals surface area (Å²) in [5.41, 5.74) is 0. The van der Waals surface area contributed by atoms with Crippen molar-refractivity contribution in [3.8, 4) is 0 Å². The van der Waals surface area contributed by atoms with Crippen LogP contribution < -0.4 is 10.2 Å². The molecular formula is C14H23N5O. The molecule has 0 aromatic carbocycles. The molecular weight excluding hydrogens is 254 g/mol. The molecule has 6 heteroatoms. The summed E-state index contributed by atoms with van der Waals surface area (Å²) < 4.78 is 0. The molecule has 0 atom stereocenters. The average molecular weight is 277 g/mol. The molecule has 1 aromatic rings. The number of rotatable bonds is 5. The van der Waals surface area contributed by atoms with Crippen LogP contribution in [-0.2, 0) is 4.79 Å². The smallest absolute Gasteiger partial charge is 0.234 e. The Kier molecular flexibility index (Phi) is 5.29. The number of nitrogens with one attached hydrogen (secondary N) is 1. The van der Waals surface area contributed by atoms with Crippen LogP contribution in [-0.4, -0.2) is 60.0 Å². The van der Waals surface area contributed by atoms with Gasteiger partial charge in [-0.3, -0.25) is 9.69 Å². The maximum Gasteiger partial charge on any atom is 0.234 e. The summed E-state index contributed by atoms with van der Waals surface area (Å²) in [6.45, 7) is 8.88. The SMILES string of the molecule is CC(C)CNC(=O)CN1CCN(c2ncccn2)CC1. The number of anilines is 1. The first-order valence-electron chi connectivity index (χ1n) is 7.16. The van der Waals surface area contributed by atoms with Crippen molar-refractivity contribution in [2.24, 2.45) is 5.92 Å². The number of amides is 1. The predicted octanol–water partition coefficient (Wildman–Crippen LogP) is 0.371. The molecule has 6 nitrogen and oxygen atoms in total. The van der Waals surface area contributed by atoms with Crippen molar-refractivity contribution < 1.29 is 4.79 Å². The molecule has 0 bridgehead atoms. The Morgan fingerprint density at radius 3 is 2.50 bits per heavy atom. The van der Waals surface area contributed by atoms with E-state index < -0.39 is 0 Å². The Balaban J connectivity index is 1.73. The lowest BCUT2D eigenvalue weighted by molar-refractivity contribution is -0.122. The van der Waals surface area contributed by atoms with Crippen LogP contribution in [0, 0.1) is 5.92 Å². The second-order valence-electron chi connectivity index (χ2n) is 5.51. The van der Waals surface area contributed by atoms with Crippen LogP contribution in [0.1, 0.15) is 13.8 Å². The lowest BCUT2D eigenvalue weighted by Crippen LogP contribution is -2.50. The number of carbonyl (C=O) groups is 1. The van der Waals surface area contributed by atoms with E-state index in [-0.39, 0.29) is 5.91 Å². The quantitative estimate of drug-likeness (QED) is 0.842. The van der Waals surface area contributed by atoms with Gasteiger partial charge in [0.15, 0.2) is 0 Å². The monoisotopic (exact) mass is 277 g/mol. The van der Waals surface area contributed by atoms with Gasteiger partial charge in [-0.25, -0.2) is 9.97 Å². The van der Waals surface area contributed by atoms with Gasteiger partial charge in [0.05, 0.1) is 6.54 Å². The minimum atomic E-state index is 0.114. The molecule has 1 amide bonds. The molecule has 0 radical (unpaired) electrons. The van der Waals surface area contributed by atoms with E-state index in [1.807, 2.05) is 6.07 Å². The zero-order valence-electron chi connectivity index (χ0n) is 12.2. The van der Waals surface area contributed by atoms with Crippen molar-refractivity contribution in [2.75, 3.05) is 44.2 Å². The lowest BCUT2D eigenvalue weighted by Gasteiger charge is -2.34. The molecule has 110 valence electrons. The fraction of sp³-hybridized carbons (Fsp3) is 0.643. The Hall–Kier alpha value is -1.69. The van der Waals surface area contributed by atoms with Gasteiger partial charge in [-0.05, 0) is 12.0 Å². The van der Waals surface area contributed by atoms with E-state index in [2.05, 4.69) is 38.9 Å². The highest BCUT2D eigenvalue weighted by Gasteiger charge is 2.20. The van der Waals surface area contributed by atoms with Gasteiger partial charge in [-0.2, -0.15) is 0 Å². The van der Waals surface area contributed by atoms with Crippen LogP contribution in [0.2, 0.25) is 0 Å². The molecule has 2 rings (SSSR count). The molecule has 1 N–H and O–H groups in total. The van der Waals surface area contributed by atoms with Crippen LogP contribution >= 0.6 is 0 Å². The highest BCUT2D eigenvalue weighted by molar-refractivity contribution is 5.78. The predicted molar refractivity (Wildman–Crippen MR) is 78.5 cm³/mol. The first kappa shape index (κ1) is 14.7. The molecule has 1 aliphatic rings. The fourth-order valence-corrected chi connectivity index (χ4v) is 2.14. The van der Waals surface area contributed by atoms with Gasteiger partial charge in [-0.1, -0.05) is 13.8 Å². The van der Waals surface area contributed by atoms with Gasteiger partial charge in [-0.15, -0.1) is 0 Å². The summed E-state index contributed by atoms with van der Waals surface area (Å²) in [7, 11) is 0. The van der Waals surface area contributed by atoms with Crippen LogP contribution in [0.15, 0.2) is 18.5 Å². The Morgan fingerprint density at radius 2 is 1.90 bits per heavy atom. The van der Waals surface area contributed by atoms with E-state index in [1.165, 1.54) is 0 Å². The zero-order valence-corrected chi connectivity index (χ0v) is 12.2. The van der Waals surface area contributed by atoms with E-state index >= 15 is 0 Å². The number of aromatic nitrogens is 2. The summed E-state index contributed by atoms with van der Waals surface area (Å²) in [6, 6.07) is 1.82. The number of nitrogens with zero attached hydrogens (tertiary/aromatic N) is 4. The normalized spacial score (nSPS) is 16.4. The van der Waals surface area contributed by atoms with Gasteiger partial charge in [0.25, 0.3) is 0 Å². The van der Waals surface area contributed by atoms with Crippen molar-refractivity contribution in [1.29, 1.82) is 0 Å². The third-order valence-electron chi connectivity index (χ3n) is 3.28. The maximum atomic E-state index is 11.8. The zero-order chi connectivity index (χ0) is 14.4. The van der Waals surface area contributed by atoms with Crippen molar-refractivity contribution in [2.45, 2.75) is 13.8 Å². The van der Waals surface area contributed by atoms with Crippen LogP contribution in [0.3, 0.4) is 0 Å². The molecule has 0 aliphatic carbocycles. The van der Waals surface area contributed by atoms with E-state index in [4.69, 9.17) is 0 Å². The summed E-state index contributed by atoms with van der Waals surface area (Å²) in [5, 5.41) is 2.95. The van der Waals surface area contributed by atoms with Crippen molar-refractivity contribution in [1.82, 2.24) is 20.2 Å². The van der Waals surface area contributed by atoms with E-state index in [1.54, 1.807) is 12.4 Å². The average Bonchev–Trinajstić information content (AvgIpc) is 2.47. The number of piperazine rings is 1. The Labute approximate surface area is 120 Å². The standard InChI is InChI=1S/C14H23N5O/c1-12(2)10-17-13(20)11-18-6-8-19(9-7-18)14-15-4-3-5-16-14/h3-5,12H,6-11H2,1-2H3,(H,17,20). The third kappa shape index (κ3) is 4.45. The van der Waals surface area contributed by atoms with Gasteiger partial charge in [0, 0.05) is 45.1 Å². The van der Waals surface area contributed by atoms with Crippen LogP contribution in [0.25, 0.3) is 0 Å². The van der Waals surface area contributed by atoms with E-state index in [0.29, 0.717) is 12.5 Å². The number of hydrogen-bond acceptors (Lipinski definition) is 5. The lowest BCUT2D eigenvalue weighted by atomic mass is 10.2. The molecule has 1 fully saturated rings. The molecule has 1 aromatic heterocycles. The van der Waals surface area contributed by atoms with Gasteiger partial charge >= 0.3 is 0 Å². The summed E-state index contributed by atoms with van der Waals surface area (Å²) >= 11 is 0. The molecule has 1 saturated heterocycles. The first-order valence-corrected chi connectivity index (χ1v) is 7.16. The Morgan fingerprint density at radius 1 is 1.25 bits per heavy atom. The van der Waals surface area contributed by atoms with E-state index in [0.717, 1.165) is 38.7 Å². The molecule has 0 spiro atoms. The van der Waals surface area contributed by atoms with Crippen molar-refractivity contribution in [3.05, 3.63) is 18.5 Å². The van der Waals surface area contributed by atoms with Gasteiger partial charge in [0.1, 0.15) is 0 Å². The molecule has 0 saturated carbocycles. The van der Waals surface area contributed by atoms with Gasteiger partial charge < -0.3 is 10.2 Å². The molecule has 2 heterocycles. The number of carbonyl (C=O) groups excluding carboxylic acids is 1. The molecule has 20 heavy (non-hydrogen) atoms. The summed E-state index contributed by atoms with van der Waals surface area (Å²) in [4.78, 5) is 24.6. The highest BCUT2D eigenvalue weighted by atomic mass is 16.2. The van der Waals surface area contributed by atoms with Crippen molar-refractivity contribution in [3.63, 3.8) is 0 Å². The van der Waals surface area contributed by atoms with E-state index in [9.17, 15) is 4.79 Å². The summed E-state index contributed by atoms with van der Waals surface area (Å²) in [6.07, 6.45) is 3.52. The Bertz CT molecular complexity index is 415. The van der Waals surface area contributed by atoms with Crippen LogP contribution in [0.4, 0.5) is 5.95 Å². The first-order chi connectivity index (χ1) is 9.65. The minimum absolute atomic E-state index is 0.114. The highest BCUT2D eigenvalue weighted by Crippen LogP contribution is 2.09. The maximum absolute atomic E-state index is 11.8. The topological polar surface area (TPSA) is 61.4 Å². The van der Waals surface area contributed by atoms with Crippen molar-refractivity contribution >= 4 is 11.9 Å². The second kappa shape index (κ2) is 7.19. The third-order valence-corrected chi connectivity index (χ3v) is 3.28. The van der Waals surface area contributed by atoms with Crippen LogP contribution in [0.5, 0.6) is 0 Å². The molecule has 1 aliphatic heterocycles. The fourth-order valence-electron chi connectivity index (χ4n) is 2.14. The second-order valence-corrected chi connectivity index (χ2v) is 5.51. The number of hydrogen-bond donors (Lipinski definition) is 1. The minimum Gasteiger partial charge on any atom is -0.355 e.